The Morgan fingerprint density at radius 2 is 1.72 bits per heavy atom. The van der Waals surface area contributed by atoms with Crippen LogP contribution in [0.3, 0.4) is 0 Å². The van der Waals surface area contributed by atoms with Crippen LogP contribution in [0.5, 0.6) is 0 Å². The largest absolute Gasteiger partial charge is 0.390 e. The summed E-state index contributed by atoms with van der Waals surface area (Å²) in [7, 11) is 0. The molecule has 6 heteroatoms. The van der Waals surface area contributed by atoms with Gasteiger partial charge in [-0.15, -0.1) is 0 Å². The van der Waals surface area contributed by atoms with Crippen LogP contribution in [0.25, 0.3) is 11.3 Å². The van der Waals surface area contributed by atoms with E-state index in [9.17, 15) is 4.39 Å². The van der Waals surface area contributed by atoms with Gasteiger partial charge in [-0.3, -0.25) is 0 Å². The highest BCUT2D eigenvalue weighted by molar-refractivity contribution is 6.41. The Hall–Kier alpha value is -0.870. The number of aromatic nitrogens is 1. The molecule has 0 bridgehead atoms. The summed E-state index contributed by atoms with van der Waals surface area (Å²) in [6, 6.07) is 5.50. The van der Waals surface area contributed by atoms with Gasteiger partial charge in [-0.2, -0.15) is 0 Å². The van der Waals surface area contributed by atoms with Gasteiger partial charge in [-0.05, 0) is 24.3 Å². The lowest BCUT2D eigenvalue weighted by molar-refractivity contribution is 0.276. The lowest BCUT2D eigenvalue weighted by Crippen LogP contribution is -1.96. The SMILES string of the molecule is OCc1ccc(F)c(-c2c(Cl)cc(Cl)cc2Cl)n1. The molecule has 0 aliphatic rings. The smallest absolute Gasteiger partial charge is 0.149 e. The Balaban J connectivity index is 2.68. The number of hydrogen-bond donors (Lipinski definition) is 1. The number of benzene rings is 1. The summed E-state index contributed by atoms with van der Waals surface area (Å²) in [5.74, 6) is -0.571. The van der Waals surface area contributed by atoms with Gasteiger partial charge in [-0.1, -0.05) is 34.8 Å². The van der Waals surface area contributed by atoms with Crippen molar-refractivity contribution in [1.29, 1.82) is 0 Å². The first kappa shape index (κ1) is 13.6. The average Bonchev–Trinajstić information content (AvgIpc) is 2.30. The van der Waals surface area contributed by atoms with Gasteiger partial charge in [0.05, 0.1) is 22.3 Å². The normalized spacial score (nSPS) is 10.7. The summed E-state index contributed by atoms with van der Waals surface area (Å²) in [4.78, 5) is 3.98. The van der Waals surface area contributed by atoms with Crippen molar-refractivity contribution in [3.63, 3.8) is 0 Å². The maximum Gasteiger partial charge on any atom is 0.149 e. The zero-order valence-electron chi connectivity index (χ0n) is 8.92. The van der Waals surface area contributed by atoms with Crippen molar-refractivity contribution in [2.45, 2.75) is 6.61 Å². The van der Waals surface area contributed by atoms with Crippen LogP contribution in [0.4, 0.5) is 4.39 Å². The monoisotopic (exact) mass is 305 g/mol. The molecule has 1 N–H and O–H groups in total. The predicted octanol–water partition coefficient (Wildman–Crippen LogP) is 4.34. The number of aliphatic hydroxyl groups excluding tert-OH is 1. The quantitative estimate of drug-likeness (QED) is 0.895. The second-order valence-electron chi connectivity index (χ2n) is 3.54. The highest BCUT2D eigenvalue weighted by atomic mass is 35.5. The molecule has 18 heavy (non-hydrogen) atoms. The molecule has 0 saturated heterocycles. The fourth-order valence-electron chi connectivity index (χ4n) is 1.51. The molecule has 2 aromatic rings. The molecule has 0 unspecified atom stereocenters. The lowest BCUT2D eigenvalue weighted by Gasteiger charge is -2.09. The van der Waals surface area contributed by atoms with Crippen molar-refractivity contribution in [1.82, 2.24) is 4.98 Å². The molecule has 0 radical (unpaired) electrons. The third-order valence-electron chi connectivity index (χ3n) is 2.31. The fraction of sp³-hybridized carbons (Fsp3) is 0.0833. The molecule has 1 aromatic carbocycles. The first-order valence-corrected chi connectivity index (χ1v) is 6.07. The minimum atomic E-state index is -0.571. The zero-order chi connectivity index (χ0) is 13.3. The van der Waals surface area contributed by atoms with Gasteiger partial charge in [0.25, 0.3) is 0 Å². The summed E-state index contributed by atoms with van der Waals surface area (Å²) in [6.45, 7) is -0.296. The first-order chi connectivity index (χ1) is 8.52. The van der Waals surface area contributed by atoms with Crippen molar-refractivity contribution >= 4 is 34.8 Å². The van der Waals surface area contributed by atoms with Crippen molar-refractivity contribution in [2.75, 3.05) is 0 Å². The van der Waals surface area contributed by atoms with E-state index in [0.29, 0.717) is 10.7 Å². The Bertz CT molecular complexity index is 581. The topological polar surface area (TPSA) is 33.1 Å². The van der Waals surface area contributed by atoms with Crippen LogP contribution in [0, 0.1) is 5.82 Å². The van der Waals surface area contributed by atoms with Gasteiger partial charge < -0.3 is 5.11 Å². The van der Waals surface area contributed by atoms with Crippen molar-refractivity contribution < 1.29 is 9.50 Å². The molecule has 0 fully saturated rings. The average molecular weight is 307 g/mol. The molecule has 2 nitrogen and oxygen atoms in total. The lowest BCUT2D eigenvalue weighted by atomic mass is 10.1. The van der Waals surface area contributed by atoms with Crippen LogP contribution in [-0.2, 0) is 6.61 Å². The third-order valence-corrected chi connectivity index (χ3v) is 3.12. The molecule has 0 saturated carbocycles. The van der Waals surface area contributed by atoms with Crippen LogP contribution in [0.15, 0.2) is 24.3 Å². The zero-order valence-corrected chi connectivity index (χ0v) is 11.2. The van der Waals surface area contributed by atoms with E-state index in [1.807, 2.05) is 0 Å². The Morgan fingerprint density at radius 3 is 2.28 bits per heavy atom. The van der Waals surface area contributed by atoms with E-state index >= 15 is 0 Å². The number of aliphatic hydroxyl groups is 1. The van der Waals surface area contributed by atoms with Gasteiger partial charge >= 0.3 is 0 Å². The van der Waals surface area contributed by atoms with Crippen LogP contribution >= 0.6 is 34.8 Å². The highest BCUT2D eigenvalue weighted by Gasteiger charge is 2.16. The number of halogens is 4. The molecule has 1 heterocycles. The molecule has 0 spiro atoms. The molecule has 0 amide bonds. The summed E-state index contributed by atoms with van der Waals surface area (Å²) in [6.07, 6.45) is 0. The van der Waals surface area contributed by atoms with Crippen molar-refractivity contribution in [3.05, 3.63) is 50.8 Å². The maximum absolute atomic E-state index is 13.8. The maximum atomic E-state index is 13.8. The summed E-state index contributed by atoms with van der Waals surface area (Å²) < 4.78 is 13.8. The molecule has 0 atom stereocenters. The number of hydrogen-bond acceptors (Lipinski definition) is 2. The molecule has 2 rings (SSSR count). The minimum Gasteiger partial charge on any atom is -0.390 e. The number of pyridine rings is 1. The first-order valence-electron chi connectivity index (χ1n) is 4.94. The van der Waals surface area contributed by atoms with Crippen LogP contribution in [-0.4, -0.2) is 10.1 Å². The second kappa shape index (κ2) is 5.41. The standard InChI is InChI=1S/C12H7Cl3FNO/c13-6-3-8(14)11(9(15)4-6)12-10(16)2-1-7(5-18)17-12/h1-4,18H,5H2. The van der Waals surface area contributed by atoms with Gasteiger partial charge in [0.1, 0.15) is 11.5 Å². The molecular formula is C12H7Cl3FNO. The van der Waals surface area contributed by atoms with E-state index in [1.54, 1.807) is 0 Å². The summed E-state index contributed by atoms with van der Waals surface area (Å²) in [5.41, 5.74) is 0.581. The van der Waals surface area contributed by atoms with Gasteiger partial charge in [-0.25, -0.2) is 9.37 Å². The van der Waals surface area contributed by atoms with E-state index in [2.05, 4.69) is 4.98 Å². The summed E-state index contributed by atoms with van der Waals surface area (Å²) in [5, 5.41) is 9.77. The van der Waals surface area contributed by atoms with Gasteiger partial charge in [0.2, 0.25) is 0 Å². The fourth-order valence-corrected chi connectivity index (χ4v) is 2.51. The van der Waals surface area contributed by atoms with E-state index in [1.165, 1.54) is 24.3 Å². The van der Waals surface area contributed by atoms with Gasteiger partial charge in [0, 0.05) is 10.6 Å². The molecular weight excluding hydrogens is 299 g/mol. The summed E-state index contributed by atoms with van der Waals surface area (Å²) >= 11 is 17.8. The highest BCUT2D eigenvalue weighted by Crippen LogP contribution is 2.37. The minimum absolute atomic E-state index is 0.00628. The van der Waals surface area contributed by atoms with Crippen LogP contribution in [0.2, 0.25) is 15.1 Å². The molecule has 0 aliphatic heterocycles. The number of nitrogens with zero attached hydrogens (tertiary/aromatic N) is 1. The van der Waals surface area contributed by atoms with Crippen LogP contribution < -0.4 is 0 Å². The molecule has 0 aliphatic carbocycles. The van der Waals surface area contributed by atoms with Crippen LogP contribution in [0.1, 0.15) is 5.69 Å². The number of rotatable bonds is 2. The van der Waals surface area contributed by atoms with E-state index in [0.717, 1.165) is 0 Å². The predicted molar refractivity (Wildman–Crippen MR) is 70.6 cm³/mol. The Morgan fingerprint density at radius 1 is 1.11 bits per heavy atom. The molecule has 1 aromatic heterocycles. The Labute approximate surface area is 118 Å². The Kier molecular flexibility index (Phi) is 4.07. The van der Waals surface area contributed by atoms with Gasteiger partial charge in [0.15, 0.2) is 0 Å². The van der Waals surface area contributed by atoms with Crippen molar-refractivity contribution in [2.24, 2.45) is 0 Å². The van der Waals surface area contributed by atoms with Crippen molar-refractivity contribution in [3.8, 4) is 11.3 Å². The third kappa shape index (κ3) is 2.59. The van der Waals surface area contributed by atoms with E-state index < -0.39 is 5.82 Å². The molecule has 94 valence electrons. The second-order valence-corrected chi connectivity index (χ2v) is 4.79. The van der Waals surface area contributed by atoms with E-state index in [4.69, 9.17) is 39.9 Å². The van der Waals surface area contributed by atoms with E-state index in [-0.39, 0.29) is 27.9 Å².